The van der Waals surface area contributed by atoms with Crippen molar-refractivity contribution in [1.29, 1.82) is 0 Å². The molecule has 0 aromatic heterocycles. The van der Waals surface area contributed by atoms with Crippen LogP contribution < -0.4 is 0 Å². The van der Waals surface area contributed by atoms with Gasteiger partial charge in [-0.25, -0.2) is 12.7 Å². The molecule has 0 N–H and O–H groups in total. The molecule has 1 aliphatic heterocycles. The number of rotatable bonds is 5. The molecular weight excluding hydrogens is 306 g/mol. The second-order valence-electron chi connectivity index (χ2n) is 5.19. The summed E-state index contributed by atoms with van der Waals surface area (Å²) in [5, 5.41) is 0. The van der Waals surface area contributed by atoms with Crippen LogP contribution in [0.5, 0.6) is 0 Å². The number of hydrogen-bond acceptors (Lipinski definition) is 4. The highest BCUT2D eigenvalue weighted by Gasteiger charge is 2.31. The predicted octanol–water partition coefficient (Wildman–Crippen LogP) is 2.65. The van der Waals surface area contributed by atoms with Crippen LogP contribution in [0.1, 0.15) is 30.1 Å². The third-order valence-corrected chi connectivity index (χ3v) is 6.48. The average Bonchev–Trinajstić information content (AvgIpc) is 2.54. The molecule has 1 atom stereocenters. The highest BCUT2D eigenvalue weighted by Crippen LogP contribution is 2.24. The fraction of sp³-hybridized carbons (Fsp3) is 0.533. The van der Waals surface area contributed by atoms with Crippen LogP contribution in [0.2, 0.25) is 0 Å². The number of nitrogens with zero attached hydrogens (tertiary/aromatic N) is 1. The number of sulfonamides is 1. The summed E-state index contributed by atoms with van der Waals surface area (Å²) in [6.45, 7) is 2.49. The quantitative estimate of drug-likeness (QED) is 0.616. The molecule has 1 saturated heterocycles. The number of benzene rings is 1. The molecule has 0 spiro atoms. The van der Waals surface area contributed by atoms with Crippen molar-refractivity contribution in [3.05, 3.63) is 29.8 Å². The number of Topliss-reactive ketones (excluding diaryl/α,β-unsaturated/α-hetero) is 1. The maximum Gasteiger partial charge on any atom is 0.213 e. The molecule has 1 heterocycles. The fourth-order valence-corrected chi connectivity index (χ4v) is 4.17. The lowest BCUT2D eigenvalue weighted by Crippen LogP contribution is -2.42. The molecule has 1 aromatic carbocycles. The summed E-state index contributed by atoms with van der Waals surface area (Å²) >= 11 is 1.63. The zero-order chi connectivity index (χ0) is 15.5. The zero-order valence-corrected chi connectivity index (χ0v) is 14.0. The van der Waals surface area contributed by atoms with Crippen LogP contribution in [0.15, 0.2) is 29.2 Å². The molecule has 116 valence electrons. The van der Waals surface area contributed by atoms with Gasteiger partial charge in [-0.1, -0.05) is 12.1 Å². The summed E-state index contributed by atoms with van der Waals surface area (Å²) in [4.78, 5) is 13.6. The second kappa shape index (κ2) is 6.94. The van der Waals surface area contributed by atoms with Crippen molar-refractivity contribution in [2.45, 2.75) is 24.7 Å². The van der Waals surface area contributed by atoms with Gasteiger partial charge >= 0.3 is 0 Å². The van der Waals surface area contributed by atoms with Gasteiger partial charge in [-0.3, -0.25) is 4.79 Å². The minimum atomic E-state index is -3.20. The average molecular weight is 327 g/mol. The normalized spacial score (nSPS) is 20.4. The van der Waals surface area contributed by atoms with Crippen LogP contribution in [-0.4, -0.2) is 43.6 Å². The first-order valence-electron chi connectivity index (χ1n) is 7.14. The minimum absolute atomic E-state index is 0.0543. The standard InChI is InChI=1S/C15H21NO3S2/c1-3-21(18,19)16-10-4-5-13(11-16)15(17)12-6-8-14(20-2)9-7-12/h6-9,13H,3-5,10-11H2,1-2H3. The lowest BCUT2D eigenvalue weighted by molar-refractivity contribution is 0.0872. The molecule has 0 bridgehead atoms. The third-order valence-electron chi connectivity index (χ3n) is 3.89. The lowest BCUT2D eigenvalue weighted by atomic mass is 9.91. The summed E-state index contributed by atoms with van der Waals surface area (Å²) in [5.74, 6) is -0.0741. The van der Waals surface area contributed by atoms with E-state index in [9.17, 15) is 13.2 Å². The molecule has 21 heavy (non-hydrogen) atoms. The van der Waals surface area contributed by atoms with Crippen LogP contribution >= 0.6 is 11.8 Å². The topological polar surface area (TPSA) is 54.5 Å². The van der Waals surface area contributed by atoms with Crippen molar-refractivity contribution < 1.29 is 13.2 Å². The van der Waals surface area contributed by atoms with Gasteiger partial charge in [0.1, 0.15) is 0 Å². The lowest BCUT2D eigenvalue weighted by Gasteiger charge is -2.30. The Labute approximate surface area is 131 Å². The molecule has 4 nitrogen and oxygen atoms in total. The van der Waals surface area contributed by atoms with Crippen molar-refractivity contribution in [1.82, 2.24) is 4.31 Å². The second-order valence-corrected chi connectivity index (χ2v) is 8.33. The zero-order valence-electron chi connectivity index (χ0n) is 12.4. The number of carbonyl (C=O) groups excluding carboxylic acids is 1. The van der Waals surface area contributed by atoms with E-state index in [1.165, 1.54) is 4.31 Å². The van der Waals surface area contributed by atoms with Gasteiger partial charge in [0, 0.05) is 29.5 Å². The van der Waals surface area contributed by atoms with Gasteiger partial charge in [0.15, 0.2) is 5.78 Å². The SMILES string of the molecule is CCS(=O)(=O)N1CCCC(C(=O)c2ccc(SC)cc2)C1. The summed E-state index contributed by atoms with van der Waals surface area (Å²) in [6, 6.07) is 7.53. The smallest absolute Gasteiger partial charge is 0.213 e. The molecular formula is C15H21NO3S2. The Morgan fingerprint density at radius 3 is 2.57 bits per heavy atom. The first-order chi connectivity index (χ1) is 9.97. The van der Waals surface area contributed by atoms with E-state index in [0.717, 1.165) is 17.7 Å². The van der Waals surface area contributed by atoms with Crippen LogP contribution in [0, 0.1) is 5.92 Å². The Kier molecular flexibility index (Phi) is 5.46. The van der Waals surface area contributed by atoms with E-state index in [1.807, 2.05) is 30.5 Å². The predicted molar refractivity (Wildman–Crippen MR) is 86.3 cm³/mol. The molecule has 1 aromatic rings. The molecule has 0 aliphatic carbocycles. The summed E-state index contributed by atoms with van der Waals surface area (Å²) in [5.41, 5.74) is 0.675. The molecule has 6 heteroatoms. The van der Waals surface area contributed by atoms with Gasteiger partial charge in [-0.2, -0.15) is 0 Å². The van der Waals surface area contributed by atoms with E-state index in [0.29, 0.717) is 18.7 Å². The Hall–Kier alpha value is -0.850. The maximum absolute atomic E-state index is 12.5. The largest absolute Gasteiger partial charge is 0.294 e. The maximum atomic E-state index is 12.5. The van der Waals surface area contributed by atoms with E-state index in [-0.39, 0.29) is 17.5 Å². The monoisotopic (exact) mass is 327 g/mol. The minimum Gasteiger partial charge on any atom is -0.294 e. The Morgan fingerprint density at radius 1 is 1.33 bits per heavy atom. The Bertz CT molecular complexity index is 596. The van der Waals surface area contributed by atoms with Crippen molar-refractivity contribution in [3.8, 4) is 0 Å². The Morgan fingerprint density at radius 2 is 2.00 bits per heavy atom. The van der Waals surface area contributed by atoms with Crippen LogP contribution in [0.3, 0.4) is 0 Å². The molecule has 2 rings (SSSR count). The van der Waals surface area contributed by atoms with Crippen LogP contribution in [-0.2, 0) is 10.0 Å². The van der Waals surface area contributed by atoms with Crippen molar-refractivity contribution >= 4 is 27.6 Å². The van der Waals surface area contributed by atoms with Gasteiger partial charge in [0.2, 0.25) is 10.0 Å². The summed E-state index contributed by atoms with van der Waals surface area (Å²) in [6.07, 6.45) is 3.50. The fourth-order valence-electron chi connectivity index (χ4n) is 2.58. The van der Waals surface area contributed by atoms with E-state index >= 15 is 0 Å². The van der Waals surface area contributed by atoms with Crippen LogP contribution in [0.4, 0.5) is 0 Å². The molecule has 1 aliphatic rings. The number of thioether (sulfide) groups is 1. The highest BCUT2D eigenvalue weighted by molar-refractivity contribution is 7.98. The van der Waals surface area contributed by atoms with Crippen LogP contribution in [0.25, 0.3) is 0 Å². The molecule has 1 fully saturated rings. The van der Waals surface area contributed by atoms with E-state index in [2.05, 4.69) is 0 Å². The summed E-state index contributed by atoms with van der Waals surface area (Å²) in [7, 11) is -3.20. The van der Waals surface area contributed by atoms with Crippen molar-refractivity contribution in [2.75, 3.05) is 25.1 Å². The molecule has 1 unspecified atom stereocenters. The number of hydrogen-bond donors (Lipinski definition) is 0. The van der Waals surface area contributed by atoms with Crippen molar-refractivity contribution in [2.24, 2.45) is 5.92 Å². The first-order valence-corrected chi connectivity index (χ1v) is 9.97. The van der Waals surface area contributed by atoms with E-state index < -0.39 is 10.0 Å². The number of carbonyl (C=O) groups is 1. The Balaban J connectivity index is 2.11. The van der Waals surface area contributed by atoms with Gasteiger partial charge in [0.25, 0.3) is 0 Å². The van der Waals surface area contributed by atoms with Gasteiger partial charge < -0.3 is 0 Å². The third kappa shape index (κ3) is 3.87. The van der Waals surface area contributed by atoms with E-state index in [1.54, 1.807) is 18.7 Å². The highest BCUT2D eigenvalue weighted by atomic mass is 32.2. The van der Waals surface area contributed by atoms with Gasteiger partial charge in [-0.15, -0.1) is 11.8 Å². The molecule has 0 amide bonds. The summed E-state index contributed by atoms with van der Waals surface area (Å²) < 4.78 is 25.4. The van der Waals surface area contributed by atoms with Gasteiger partial charge in [-0.05, 0) is 38.2 Å². The number of ketones is 1. The van der Waals surface area contributed by atoms with E-state index in [4.69, 9.17) is 0 Å². The molecule has 0 saturated carbocycles. The van der Waals surface area contributed by atoms with Gasteiger partial charge in [0.05, 0.1) is 5.75 Å². The number of piperidine rings is 1. The first kappa shape index (κ1) is 16.5. The molecule has 0 radical (unpaired) electrons. The van der Waals surface area contributed by atoms with Crippen molar-refractivity contribution in [3.63, 3.8) is 0 Å².